The van der Waals surface area contributed by atoms with Crippen LogP contribution in [0.15, 0.2) is 48.6 Å². The Morgan fingerprint density at radius 2 is 1.86 bits per heavy atom. The molecule has 8 heteroatoms. The number of carbonyl (C=O) groups is 2. The predicted molar refractivity (Wildman–Crippen MR) is 103 cm³/mol. The number of ether oxygens (including phenoxy) is 1. The summed E-state index contributed by atoms with van der Waals surface area (Å²) in [5.74, 6) is -3.74. The maximum absolute atomic E-state index is 13.0. The third-order valence-corrected chi connectivity index (χ3v) is 5.14. The van der Waals surface area contributed by atoms with Crippen molar-refractivity contribution in [3.05, 3.63) is 64.7 Å². The highest BCUT2D eigenvalue weighted by molar-refractivity contribution is 6.32. The number of alkyl halides is 2. The molecule has 4 rings (SSSR count). The molecule has 1 unspecified atom stereocenters. The number of hydrogen-bond acceptors (Lipinski definition) is 3. The van der Waals surface area contributed by atoms with Crippen molar-refractivity contribution in [3.8, 4) is 16.9 Å². The van der Waals surface area contributed by atoms with Crippen LogP contribution < -0.4 is 4.74 Å². The molecule has 1 N–H and O–H groups in total. The Balaban J connectivity index is 1.52. The van der Waals surface area contributed by atoms with Gasteiger partial charge < -0.3 is 14.7 Å². The standard InChI is InChI=1S/C21H16ClF2NO4/c22-17-9-14(7-15-8-16(29-19(15)17)5-6-18(26)27)12-1-3-13(4-2-12)20(28)25-10-21(23,24)11-25/h1-7,9,16H,8,10-11H2,(H,26,27). The average Bonchev–Trinajstić information content (AvgIpc) is 3.07. The van der Waals surface area contributed by atoms with E-state index in [1.165, 1.54) is 6.08 Å². The largest absolute Gasteiger partial charge is 0.484 e. The van der Waals surface area contributed by atoms with Gasteiger partial charge in [0.1, 0.15) is 11.9 Å². The van der Waals surface area contributed by atoms with Crippen LogP contribution in [0.25, 0.3) is 11.1 Å². The Morgan fingerprint density at radius 3 is 2.48 bits per heavy atom. The summed E-state index contributed by atoms with van der Waals surface area (Å²) in [5, 5.41) is 9.16. The zero-order valence-corrected chi connectivity index (χ0v) is 15.8. The molecule has 29 heavy (non-hydrogen) atoms. The van der Waals surface area contributed by atoms with Gasteiger partial charge in [0.05, 0.1) is 18.1 Å². The topological polar surface area (TPSA) is 66.8 Å². The number of fused-ring (bicyclic) bond motifs is 1. The summed E-state index contributed by atoms with van der Waals surface area (Å²) in [7, 11) is 0. The lowest BCUT2D eigenvalue weighted by molar-refractivity contribution is -0.131. The number of carboxylic acids is 1. The van der Waals surface area contributed by atoms with Crippen LogP contribution in [0.3, 0.4) is 0 Å². The van der Waals surface area contributed by atoms with Crippen LogP contribution in [0.1, 0.15) is 15.9 Å². The Morgan fingerprint density at radius 1 is 1.17 bits per heavy atom. The van der Waals surface area contributed by atoms with Crippen LogP contribution >= 0.6 is 11.6 Å². The van der Waals surface area contributed by atoms with Crippen molar-refractivity contribution in [3.63, 3.8) is 0 Å². The normalized spacial score (nSPS) is 19.6. The lowest BCUT2D eigenvalue weighted by Crippen LogP contribution is -2.58. The molecule has 2 heterocycles. The first-order valence-corrected chi connectivity index (χ1v) is 9.27. The van der Waals surface area contributed by atoms with Crippen LogP contribution in [0, 0.1) is 0 Å². The molecule has 2 aliphatic rings. The molecule has 0 aliphatic carbocycles. The highest BCUT2D eigenvalue weighted by Gasteiger charge is 2.46. The number of carboxylic acid groups (broad SMARTS) is 1. The first-order chi connectivity index (χ1) is 13.7. The molecule has 2 aromatic carbocycles. The van der Waals surface area contributed by atoms with Crippen LogP contribution in [-0.2, 0) is 11.2 Å². The quantitative estimate of drug-likeness (QED) is 0.759. The zero-order chi connectivity index (χ0) is 20.8. The Hall–Kier alpha value is -2.93. The van der Waals surface area contributed by atoms with E-state index in [2.05, 4.69) is 0 Å². The first-order valence-electron chi connectivity index (χ1n) is 8.90. The molecule has 0 radical (unpaired) electrons. The number of rotatable bonds is 4. The third kappa shape index (κ3) is 3.96. The number of halogens is 3. The fourth-order valence-electron chi connectivity index (χ4n) is 3.45. The van der Waals surface area contributed by atoms with Gasteiger partial charge in [-0.15, -0.1) is 0 Å². The van der Waals surface area contributed by atoms with Gasteiger partial charge >= 0.3 is 5.97 Å². The highest BCUT2D eigenvalue weighted by atomic mass is 35.5. The van der Waals surface area contributed by atoms with Crippen molar-refractivity contribution in [1.29, 1.82) is 0 Å². The Kier molecular flexibility index (Phi) is 4.78. The van der Waals surface area contributed by atoms with Crippen molar-refractivity contribution in [2.24, 2.45) is 0 Å². The fourth-order valence-corrected chi connectivity index (χ4v) is 3.73. The molecule has 2 aromatic rings. The molecule has 150 valence electrons. The molecule has 0 bridgehead atoms. The molecule has 0 saturated carbocycles. The van der Waals surface area contributed by atoms with E-state index in [1.807, 2.05) is 6.07 Å². The van der Waals surface area contributed by atoms with E-state index in [0.717, 1.165) is 27.7 Å². The van der Waals surface area contributed by atoms with Crippen LogP contribution in [0.5, 0.6) is 5.75 Å². The van der Waals surface area contributed by atoms with E-state index in [1.54, 1.807) is 30.3 Å². The summed E-state index contributed by atoms with van der Waals surface area (Å²) in [5.41, 5.74) is 2.83. The van der Waals surface area contributed by atoms with E-state index < -0.39 is 37.0 Å². The summed E-state index contributed by atoms with van der Waals surface area (Å²) in [6, 6.07) is 10.3. The van der Waals surface area contributed by atoms with Crippen molar-refractivity contribution < 1.29 is 28.2 Å². The number of carbonyl (C=O) groups excluding carboxylic acids is 1. The second-order valence-corrected chi connectivity index (χ2v) is 7.51. The molecule has 1 saturated heterocycles. The fraction of sp³-hybridized carbons (Fsp3) is 0.238. The predicted octanol–water partition coefficient (Wildman–Crippen LogP) is 4.04. The summed E-state index contributed by atoms with van der Waals surface area (Å²) in [6.07, 6.45) is 2.60. The lowest BCUT2D eigenvalue weighted by atomic mass is 9.99. The van der Waals surface area contributed by atoms with Crippen molar-refractivity contribution >= 4 is 23.5 Å². The van der Waals surface area contributed by atoms with E-state index in [0.29, 0.717) is 22.8 Å². The minimum Gasteiger partial charge on any atom is -0.484 e. The van der Waals surface area contributed by atoms with E-state index in [-0.39, 0.29) is 0 Å². The van der Waals surface area contributed by atoms with Gasteiger partial charge in [0.2, 0.25) is 0 Å². The molecule has 1 atom stereocenters. The number of hydrogen-bond donors (Lipinski definition) is 1. The first kappa shape index (κ1) is 19.4. The lowest BCUT2D eigenvalue weighted by Gasteiger charge is -2.38. The van der Waals surface area contributed by atoms with Gasteiger partial charge in [-0.3, -0.25) is 4.79 Å². The Labute approximate surface area is 170 Å². The number of likely N-dealkylation sites (tertiary alicyclic amines) is 1. The smallest absolute Gasteiger partial charge is 0.328 e. The second kappa shape index (κ2) is 7.15. The summed E-state index contributed by atoms with van der Waals surface area (Å²) < 4.78 is 31.6. The minimum absolute atomic E-state index is 0.346. The van der Waals surface area contributed by atoms with Gasteiger partial charge in [-0.05, 0) is 41.5 Å². The average molecular weight is 420 g/mol. The van der Waals surface area contributed by atoms with Gasteiger partial charge in [-0.1, -0.05) is 23.7 Å². The summed E-state index contributed by atoms with van der Waals surface area (Å²) in [6.45, 7) is -1.10. The van der Waals surface area contributed by atoms with Gasteiger partial charge in [0.15, 0.2) is 0 Å². The second-order valence-electron chi connectivity index (χ2n) is 7.10. The molecular weight excluding hydrogens is 404 g/mol. The summed E-state index contributed by atoms with van der Waals surface area (Å²) >= 11 is 6.33. The van der Waals surface area contributed by atoms with Crippen LogP contribution in [-0.4, -0.2) is 47.0 Å². The van der Waals surface area contributed by atoms with Gasteiger partial charge in [0, 0.05) is 23.6 Å². The zero-order valence-electron chi connectivity index (χ0n) is 15.1. The monoisotopic (exact) mass is 419 g/mol. The SMILES string of the molecule is O=C(O)C=CC1Cc2cc(-c3ccc(C(=O)N4CC(F)(F)C4)cc3)cc(Cl)c2O1. The van der Waals surface area contributed by atoms with Crippen LogP contribution in [0.4, 0.5) is 8.78 Å². The molecular formula is C21H16ClF2NO4. The van der Waals surface area contributed by atoms with E-state index in [9.17, 15) is 18.4 Å². The van der Waals surface area contributed by atoms with Gasteiger partial charge in [0.25, 0.3) is 11.8 Å². The van der Waals surface area contributed by atoms with Crippen molar-refractivity contribution in [2.45, 2.75) is 18.4 Å². The van der Waals surface area contributed by atoms with Gasteiger partial charge in [-0.25, -0.2) is 13.6 Å². The third-order valence-electron chi connectivity index (χ3n) is 4.86. The van der Waals surface area contributed by atoms with E-state index in [4.69, 9.17) is 21.4 Å². The number of amides is 1. The molecule has 0 aromatic heterocycles. The number of benzene rings is 2. The molecule has 1 fully saturated rings. The molecule has 2 aliphatic heterocycles. The molecule has 1 amide bonds. The van der Waals surface area contributed by atoms with Crippen molar-refractivity contribution in [1.82, 2.24) is 4.90 Å². The maximum Gasteiger partial charge on any atom is 0.328 e. The van der Waals surface area contributed by atoms with Crippen LogP contribution in [0.2, 0.25) is 5.02 Å². The summed E-state index contributed by atoms with van der Waals surface area (Å²) in [4.78, 5) is 24.0. The molecule has 0 spiro atoms. The van der Waals surface area contributed by atoms with E-state index >= 15 is 0 Å². The van der Waals surface area contributed by atoms with Gasteiger partial charge in [-0.2, -0.15) is 0 Å². The maximum atomic E-state index is 13.0. The van der Waals surface area contributed by atoms with Crippen molar-refractivity contribution in [2.75, 3.05) is 13.1 Å². The number of aliphatic carboxylic acids is 1. The number of nitrogens with zero attached hydrogens (tertiary/aromatic N) is 1. The highest BCUT2D eigenvalue weighted by Crippen LogP contribution is 2.40. The minimum atomic E-state index is -2.80. The molecule has 5 nitrogen and oxygen atoms in total. The Bertz CT molecular complexity index is 1010.